The van der Waals surface area contributed by atoms with E-state index in [-0.39, 0.29) is 5.91 Å². The summed E-state index contributed by atoms with van der Waals surface area (Å²) in [6, 6.07) is 5.91. The van der Waals surface area contributed by atoms with Crippen LogP contribution in [-0.2, 0) is 4.79 Å². The Bertz CT molecular complexity index is 735. The topological polar surface area (TPSA) is 65.8 Å². The molecule has 0 atom stereocenters. The minimum absolute atomic E-state index is 0.00551. The lowest BCUT2D eigenvalue weighted by Crippen LogP contribution is -2.11. The maximum Gasteiger partial charge on any atom is 0.224 e. The van der Waals surface area contributed by atoms with E-state index in [2.05, 4.69) is 17.2 Å². The summed E-state index contributed by atoms with van der Waals surface area (Å²) in [5.41, 5.74) is 5.09. The van der Waals surface area contributed by atoms with Crippen LogP contribution in [0.3, 0.4) is 0 Å². The summed E-state index contributed by atoms with van der Waals surface area (Å²) < 4.78 is 0. The van der Waals surface area contributed by atoms with E-state index in [0.29, 0.717) is 12.1 Å². The molecule has 1 aromatic carbocycles. The summed E-state index contributed by atoms with van der Waals surface area (Å²) in [4.78, 5) is 16.2. The lowest BCUT2D eigenvalue weighted by molar-refractivity contribution is -0.115. The van der Waals surface area contributed by atoms with E-state index >= 15 is 0 Å². The molecule has 0 saturated heterocycles. The van der Waals surface area contributed by atoms with Gasteiger partial charge < -0.3 is 10.7 Å². The molecule has 0 aliphatic carbocycles. The maximum absolute atomic E-state index is 11.6. The third-order valence-electron chi connectivity index (χ3n) is 3.70. The molecule has 0 saturated carbocycles. The van der Waals surface area contributed by atoms with Crippen LogP contribution in [0.5, 0.6) is 0 Å². The molecule has 1 heterocycles. The third-order valence-corrected chi connectivity index (χ3v) is 3.70. The van der Waals surface area contributed by atoms with Gasteiger partial charge in [0.05, 0.1) is 5.52 Å². The van der Waals surface area contributed by atoms with Gasteiger partial charge in [-0.15, -0.1) is 0 Å². The number of hydrogen-bond donors (Lipinski definition) is 2. The Labute approximate surface area is 131 Å². The predicted molar refractivity (Wildman–Crippen MR) is 91.9 cm³/mol. The molecule has 2 aromatic rings. The van der Waals surface area contributed by atoms with Crippen LogP contribution in [-0.4, -0.2) is 16.6 Å². The molecular weight excluding hydrogens is 274 g/mol. The van der Waals surface area contributed by atoms with E-state index in [4.69, 9.17) is 5.41 Å². The molecule has 0 spiro atoms. The summed E-state index contributed by atoms with van der Waals surface area (Å²) in [5.74, 6) is -0.00551. The smallest absolute Gasteiger partial charge is 0.224 e. The van der Waals surface area contributed by atoms with E-state index in [9.17, 15) is 4.79 Å². The van der Waals surface area contributed by atoms with Crippen molar-refractivity contribution in [2.24, 2.45) is 0 Å². The van der Waals surface area contributed by atoms with Crippen LogP contribution in [0.25, 0.3) is 10.9 Å². The number of amides is 1. The Morgan fingerprint density at radius 2 is 1.95 bits per heavy atom. The molecule has 0 bridgehead atoms. The van der Waals surface area contributed by atoms with Gasteiger partial charge in [-0.05, 0) is 44.0 Å². The number of nitrogens with zero attached hydrogens (tertiary/aromatic N) is 1. The van der Waals surface area contributed by atoms with Crippen LogP contribution >= 0.6 is 0 Å². The first-order chi connectivity index (χ1) is 10.5. The van der Waals surface area contributed by atoms with Crippen molar-refractivity contribution >= 4 is 28.2 Å². The van der Waals surface area contributed by atoms with Gasteiger partial charge in [0.15, 0.2) is 0 Å². The number of carbonyl (C=O) groups is 1. The minimum atomic E-state index is -0.00551. The zero-order valence-electron chi connectivity index (χ0n) is 13.7. The fraction of sp³-hybridized carbons (Fsp3) is 0.389. The van der Waals surface area contributed by atoms with Crippen molar-refractivity contribution in [1.82, 2.24) is 4.98 Å². The van der Waals surface area contributed by atoms with Gasteiger partial charge in [-0.25, -0.2) is 0 Å². The predicted octanol–water partition coefficient (Wildman–Crippen LogP) is 4.37. The second-order valence-corrected chi connectivity index (χ2v) is 5.63. The van der Waals surface area contributed by atoms with Crippen LogP contribution in [0.2, 0.25) is 0 Å². The van der Waals surface area contributed by atoms with Gasteiger partial charge in [0, 0.05) is 34.5 Å². The van der Waals surface area contributed by atoms with Gasteiger partial charge in [0.1, 0.15) is 0 Å². The number of pyridine rings is 1. The quantitative estimate of drug-likeness (QED) is 0.805. The molecule has 0 aliphatic rings. The summed E-state index contributed by atoms with van der Waals surface area (Å²) in [6.45, 7) is 7.82. The Kier molecular flexibility index (Phi) is 4.91. The molecule has 4 heteroatoms. The highest BCUT2D eigenvalue weighted by Crippen LogP contribution is 2.27. The third kappa shape index (κ3) is 3.32. The number of fused-ring (bicyclic) bond motifs is 1. The molecule has 0 aliphatic heterocycles. The van der Waals surface area contributed by atoms with Crippen molar-refractivity contribution in [3.8, 4) is 0 Å². The fourth-order valence-corrected chi connectivity index (χ4v) is 2.52. The van der Waals surface area contributed by atoms with Crippen LogP contribution in [0.1, 0.15) is 49.9 Å². The van der Waals surface area contributed by atoms with Gasteiger partial charge in [0.2, 0.25) is 5.91 Å². The molecule has 1 amide bonds. The average molecular weight is 297 g/mol. The second kappa shape index (κ2) is 6.69. The summed E-state index contributed by atoms with van der Waals surface area (Å²) in [5, 5.41) is 12.2. The zero-order valence-corrected chi connectivity index (χ0v) is 13.7. The molecular formula is C18H23N3O. The fourth-order valence-electron chi connectivity index (χ4n) is 2.52. The Morgan fingerprint density at radius 1 is 1.23 bits per heavy atom. The van der Waals surface area contributed by atoms with Crippen molar-refractivity contribution in [3.63, 3.8) is 0 Å². The normalized spacial score (nSPS) is 10.7. The van der Waals surface area contributed by atoms with Crippen LogP contribution < -0.4 is 5.32 Å². The first-order valence-electron chi connectivity index (χ1n) is 7.75. The Hall–Kier alpha value is -2.23. The molecule has 22 heavy (non-hydrogen) atoms. The van der Waals surface area contributed by atoms with Crippen LogP contribution in [0.4, 0.5) is 5.69 Å². The number of nitrogens with one attached hydrogen (secondary N) is 2. The molecule has 0 fully saturated rings. The second-order valence-electron chi connectivity index (χ2n) is 5.63. The summed E-state index contributed by atoms with van der Waals surface area (Å²) in [7, 11) is 0. The Balaban J connectivity index is 2.59. The van der Waals surface area contributed by atoms with Gasteiger partial charge in [-0.1, -0.05) is 20.3 Å². The van der Waals surface area contributed by atoms with Gasteiger partial charge in [-0.3, -0.25) is 9.78 Å². The number of carbonyl (C=O) groups excluding carboxylic acids is 1. The Morgan fingerprint density at radius 3 is 2.59 bits per heavy atom. The number of aryl methyl sites for hydroxylation is 2. The van der Waals surface area contributed by atoms with Crippen molar-refractivity contribution in [2.75, 3.05) is 5.32 Å². The van der Waals surface area contributed by atoms with E-state index in [0.717, 1.165) is 46.3 Å². The first-order valence-corrected chi connectivity index (χ1v) is 7.75. The van der Waals surface area contributed by atoms with Gasteiger partial charge in [-0.2, -0.15) is 0 Å². The average Bonchev–Trinajstić information content (AvgIpc) is 2.47. The standard InChI is InChI=1S/C18H23N3O/c1-5-7-15(19)13-9-12(4)20-17-10-16(21-18(22)6-2)11(3)8-14(13)17/h8-10,19H,5-7H2,1-4H3,(H,21,22). The van der Waals surface area contributed by atoms with Crippen molar-refractivity contribution < 1.29 is 4.79 Å². The molecule has 1 aromatic heterocycles. The maximum atomic E-state index is 11.6. The van der Waals surface area contributed by atoms with E-state index in [1.54, 1.807) is 0 Å². The van der Waals surface area contributed by atoms with Crippen LogP contribution in [0, 0.1) is 19.3 Å². The van der Waals surface area contributed by atoms with E-state index < -0.39 is 0 Å². The van der Waals surface area contributed by atoms with Crippen molar-refractivity contribution in [1.29, 1.82) is 5.41 Å². The largest absolute Gasteiger partial charge is 0.326 e. The number of aromatic nitrogens is 1. The summed E-state index contributed by atoms with van der Waals surface area (Å²) in [6.07, 6.45) is 2.16. The highest BCUT2D eigenvalue weighted by Gasteiger charge is 2.12. The zero-order chi connectivity index (χ0) is 16.3. The lowest BCUT2D eigenvalue weighted by Gasteiger charge is -2.13. The molecule has 116 valence electrons. The molecule has 2 rings (SSSR count). The van der Waals surface area contributed by atoms with E-state index in [1.165, 1.54) is 0 Å². The van der Waals surface area contributed by atoms with Gasteiger partial charge in [0.25, 0.3) is 0 Å². The van der Waals surface area contributed by atoms with Crippen molar-refractivity contribution in [3.05, 3.63) is 35.0 Å². The highest BCUT2D eigenvalue weighted by molar-refractivity contribution is 6.09. The molecule has 0 radical (unpaired) electrons. The number of rotatable bonds is 5. The minimum Gasteiger partial charge on any atom is -0.326 e. The number of hydrogen-bond acceptors (Lipinski definition) is 3. The van der Waals surface area contributed by atoms with Crippen molar-refractivity contribution in [2.45, 2.75) is 47.0 Å². The SMILES string of the molecule is CCCC(=N)c1cc(C)nc2cc(NC(=O)CC)c(C)cc12. The molecule has 2 N–H and O–H groups in total. The molecule has 4 nitrogen and oxygen atoms in total. The van der Waals surface area contributed by atoms with Crippen LogP contribution in [0.15, 0.2) is 18.2 Å². The highest BCUT2D eigenvalue weighted by atomic mass is 16.1. The molecule has 0 unspecified atom stereocenters. The van der Waals surface area contributed by atoms with E-state index in [1.807, 2.05) is 39.0 Å². The lowest BCUT2D eigenvalue weighted by atomic mass is 9.98. The number of benzene rings is 1. The number of anilines is 1. The summed E-state index contributed by atoms with van der Waals surface area (Å²) >= 11 is 0. The van der Waals surface area contributed by atoms with Gasteiger partial charge >= 0.3 is 0 Å². The monoisotopic (exact) mass is 297 g/mol. The first kappa shape index (κ1) is 16.1.